The van der Waals surface area contributed by atoms with Gasteiger partial charge < -0.3 is 5.73 Å². The number of carbonyl (C=O) groups excluding carboxylic acids is 1. The fourth-order valence-corrected chi connectivity index (χ4v) is 4.26. The molecule has 0 aliphatic carbocycles. The maximum Gasteiger partial charge on any atom is 0.179 e. The molecule has 3 nitrogen and oxygen atoms in total. The summed E-state index contributed by atoms with van der Waals surface area (Å²) in [5.74, 6) is 0.0355. The Kier molecular flexibility index (Phi) is 4.27. The first-order chi connectivity index (χ1) is 12.6. The number of aromatic nitrogens is 1. The minimum absolute atomic E-state index is 0.0355. The van der Waals surface area contributed by atoms with Crippen LogP contribution in [0, 0.1) is 6.92 Å². The van der Waals surface area contributed by atoms with Crippen LogP contribution in [0.3, 0.4) is 0 Å². The van der Waals surface area contributed by atoms with Crippen LogP contribution < -0.4 is 5.73 Å². The van der Waals surface area contributed by atoms with Gasteiger partial charge in [0, 0.05) is 17.5 Å². The van der Waals surface area contributed by atoms with E-state index in [0.29, 0.717) is 17.0 Å². The van der Waals surface area contributed by atoms with E-state index in [0.717, 1.165) is 32.6 Å². The zero-order valence-electron chi connectivity index (χ0n) is 14.4. The second-order valence-electron chi connectivity index (χ2n) is 6.29. The van der Waals surface area contributed by atoms with E-state index in [4.69, 9.17) is 5.73 Å². The first-order valence-corrected chi connectivity index (χ1v) is 9.27. The van der Waals surface area contributed by atoms with Crippen molar-refractivity contribution in [2.24, 2.45) is 0 Å². The Labute approximate surface area is 156 Å². The predicted octanol–water partition coefficient (Wildman–Crippen LogP) is 5.28. The number of hydrogen-bond acceptors (Lipinski definition) is 4. The van der Waals surface area contributed by atoms with Gasteiger partial charge in [0.1, 0.15) is 4.83 Å². The number of anilines is 1. The highest BCUT2D eigenvalue weighted by atomic mass is 32.1. The molecule has 0 atom stereocenters. The van der Waals surface area contributed by atoms with E-state index in [1.54, 1.807) is 0 Å². The lowest BCUT2D eigenvalue weighted by molar-refractivity contribution is 0.0997. The fraction of sp³-hybridized carbons (Fsp3) is 0.0909. The van der Waals surface area contributed by atoms with Gasteiger partial charge in [0.15, 0.2) is 5.78 Å². The SMILES string of the molecule is Cc1cc(-c2ccccc2)c2c(N)c(C(=O)Cc3ccccc3)sc2n1. The van der Waals surface area contributed by atoms with E-state index in [2.05, 4.69) is 17.1 Å². The lowest BCUT2D eigenvalue weighted by Crippen LogP contribution is -2.04. The smallest absolute Gasteiger partial charge is 0.179 e. The van der Waals surface area contributed by atoms with Crippen LogP contribution in [0.4, 0.5) is 5.69 Å². The van der Waals surface area contributed by atoms with Crippen LogP contribution in [-0.4, -0.2) is 10.8 Å². The molecule has 0 aliphatic rings. The molecule has 128 valence electrons. The molecule has 2 heterocycles. The highest BCUT2D eigenvalue weighted by Gasteiger charge is 2.20. The first kappa shape index (κ1) is 16.5. The monoisotopic (exact) mass is 358 g/mol. The summed E-state index contributed by atoms with van der Waals surface area (Å²) < 4.78 is 0. The van der Waals surface area contributed by atoms with Crippen molar-refractivity contribution in [3.63, 3.8) is 0 Å². The Morgan fingerprint density at radius 2 is 1.69 bits per heavy atom. The molecule has 2 N–H and O–H groups in total. The van der Waals surface area contributed by atoms with Crippen molar-refractivity contribution in [1.82, 2.24) is 4.98 Å². The van der Waals surface area contributed by atoms with Gasteiger partial charge in [0.2, 0.25) is 0 Å². The van der Waals surface area contributed by atoms with Gasteiger partial charge >= 0.3 is 0 Å². The average Bonchev–Trinajstić information content (AvgIpc) is 2.99. The molecule has 0 spiro atoms. The molecular formula is C22H18N2OS. The number of benzene rings is 2. The van der Waals surface area contributed by atoms with Crippen LogP contribution in [0.2, 0.25) is 0 Å². The van der Waals surface area contributed by atoms with Crippen LogP contribution >= 0.6 is 11.3 Å². The maximum absolute atomic E-state index is 12.8. The van der Waals surface area contributed by atoms with Crippen LogP contribution in [0.1, 0.15) is 20.9 Å². The molecule has 0 bridgehead atoms. The third kappa shape index (κ3) is 3.00. The second-order valence-corrected chi connectivity index (χ2v) is 7.29. The van der Waals surface area contributed by atoms with Gasteiger partial charge in [-0.05, 0) is 29.7 Å². The normalized spacial score (nSPS) is 11.0. The number of aryl methyl sites for hydroxylation is 1. The number of nitrogens with two attached hydrogens (primary N) is 1. The summed E-state index contributed by atoms with van der Waals surface area (Å²) >= 11 is 1.39. The zero-order chi connectivity index (χ0) is 18.1. The molecular weight excluding hydrogens is 340 g/mol. The molecule has 0 saturated carbocycles. The quantitative estimate of drug-likeness (QED) is 0.505. The van der Waals surface area contributed by atoms with Crippen molar-refractivity contribution in [1.29, 1.82) is 0 Å². The van der Waals surface area contributed by atoms with E-state index < -0.39 is 0 Å². The molecule has 0 amide bonds. The van der Waals surface area contributed by atoms with Crippen molar-refractivity contribution in [2.75, 3.05) is 5.73 Å². The number of fused-ring (bicyclic) bond motifs is 1. The number of pyridine rings is 1. The first-order valence-electron chi connectivity index (χ1n) is 8.45. The van der Waals surface area contributed by atoms with Crippen LogP contribution in [-0.2, 0) is 6.42 Å². The summed E-state index contributed by atoms with van der Waals surface area (Å²) in [5.41, 5.74) is 11.0. The summed E-state index contributed by atoms with van der Waals surface area (Å²) in [6.07, 6.45) is 0.345. The summed E-state index contributed by atoms with van der Waals surface area (Å²) in [7, 11) is 0. The zero-order valence-corrected chi connectivity index (χ0v) is 15.2. The Balaban J connectivity index is 1.83. The summed E-state index contributed by atoms with van der Waals surface area (Å²) in [4.78, 5) is 18.9. The molecule has 4 aromatic rings. The van der Waals surface area contributed by atoms with Crippen molar-refractivity contribution in [3.05, 3.63) is 82.9 Å². The number of rotatable bonds is 4. The van der Waals surface area contributed by atoms with Gasteiger partial charge in [-0.2, -0.15) is 0 Å². The van der Waals surface area contributed by atoms with Crippen molar-refractivity contribution in [3.8, 4) is 11.1 Å². The number of hydrogen-bond donors (Lipinski definition) is 1. The molecule has 26 heavy (non-hydrogen) atoms. The second kappa shape index (κ2) is 6.73. The number of thiophene rings is 1. The van der Waals surface area contributed by atoms with Gasteiger partial charge in [-0.15, -0.1) is 11.3 Å². The molecule has 0 aliphatic heterocycles. The standard InChI is InChI=1S/C22H18N2OS/c1-14-12-17(16-10-6-3-7-11-16)19-20(23)21(26-22(19)24-14)18(25)13-15-8-4-2-5-9-15/h2-12H,13,23H2,1H3. The van der Waals surface area contributed by atoms with Gasteiger partial charge in [0.25, 0.3) is 0 Å². The van der Waals surface area contributed by atoms with Crippen LogP contribution in [0.25, 0.3) is 21.3 Å². The maximum atomic E-state index is 12.8. The van der Waals surface area contributed by atoms with E-state index in [1.165, 1.54) is 11.3 Å². The minimum atomic E-state index is 0.0355. The van der Waals surface area contributed by atoms with E-state index in [1.807, 2.05) is 61.5 Å². The summed E-state index contributed by atoms with van der Waals surface area (Å²) in [6.45, 7) is 1.97. The van der Waals surface area contributed by atoms with E-state index in [9.17, 15) is 4.79 Å². The minimum Gasteiger partial charge on any atom is -0.397 e. The molecule has 2 aromatic carbocycles. The van der Waals surface area contributed by atoms with Gasteiger partial charge in [-0.25, -0.2) is 4.98 Å². The van der Waals surface area contributed by atoms with Gasteiger partial charge in [-0.1, -0.05) is 60.7 Å². The Hall–Kier alpha value is -2.98. The lowest BCUT2D eigenvalue weighted by Gasteiger charge is -2.06. The predicted molar refractivity (Wildman–Crippen MR) is 109 cm³/mol. The molecule has 2 aromatic heterocycles. The number of carbonyl (C=O) groups is 1. The molecule has 4 rings (SSSR count). The molecule has 0 fully saturated rings. The molecule has 0 radical (unpaired) electrons. The Morgan fingerprint density at radius 3 is 2.38 bits per heavy atom. The summed E-state index contributed by atoms with van der Waals surface area (Å²) in [5, 5.41) is 0.878. The highest BCUT2D eigenvalue weighted by molar-refractivity contribution is 7.21. The third-order valence-electron chi connectivity index (χ3n) is 4.37. The van der Waals surface area contributed by atoms with Crippen molar-refractivity contribution < 1.29 is 4.79 Å². The topological polar surface area (TPSA) is 56.0 Å². The molecule has 4 heteroatoms. The number of nitrogens with zero attached hydrogens (tertiary/aromatic N) is 1. The van der Waals surface area contributed by atoms with E-state index in [-0.39, 0.29) is 5.78 Å². The lowest BCUT2D eigenvalue weighted by atomic mass is 10.0. The van der Waals surface area contributed by atoms with Gasteiger partial charge in [0.05, 0.1) is 10.6 Å². The Bertz CT molecular complexity index is 1090. The molecule has 0 unspecified atom stereocenters. The number of Topliss-reactive ketones (excluding diaryl/α,β-unsaturated/α-hetero) is 1. The average molecular weight is 358 g/mol. The largest absolute Gasteiger partial charge is 0.397 e. The van der Waals surface area contributed by atoms with Crippen LogP contribution in [0.15, 0.2) is 66.7 Å². The van der Waals surface area contributed by atoms with Gasteiger partial charge in [-0.3, -0.25) is 4.79 Å². The highest BCUT2D eigenvalue weighted by Crippen LogP contribution is 2.40. The summed E-state index contributed by atoms with van der Waals surface area (Å²) in [6, 6.07) is 21.9. The third-order valence-corrected chi connectivity index (χ3v) is 5.51. The van der Waals surface area contributed by atoms with Crippen LogP contribution in [0.5, 0.6) is 0 Å². The number of nitrogen functional groups attached to an aromatic ring is 1. The van der Waals surface area contributed by atoms with Crippen molar-refractivity contribution >= 4 is 33.0 Å². The number of ketones is 1. The Morgan fingerprint density at radius 1 is 1.04 bits per heavy atom. The molecule has 0 saturated heterocycles. The fourth-order valence-electron chi connectivity index (χ4n) is 3.16. The van der Waals surface area contributed by atoms with Crippen molar-refractivity contribution in [2.45, 2.75) is 13.3 Å². The van der Waals surface area contributed by atoms with E-state index >= 15 is 0 Å².